The second-order valence-corrected chi connectivity index (χ2v) is 3.50. The van der Waals surface area contributed by atoms with Crippen molar-refractivity contribution in [2.45, 2.75) is 27.2 Å². The quantitative estimate of drug-likeness (QED) is 0.381. The molecule has 0 aromatic heterocycles. The zero-order chi connectivity index (χ0) is 10.3. The van der Waals surface area contributed by atoms with Crippen LogP contribution in [0.15, 0.2) is 24.5 Å². The molecule has 0 radical (unpaired) electrons. The van der Waals surface area contributed by atoms with Crippen molar-refractivity contribution < 1.29 is 4.74 Å². The number of nitrogens with one attached hydrogen (secondary N) is 1. The first-order chi connectivity index (χ1) is 6.06. The van der Waals surface area contributed by atoms with E-state index < -0.39 is 0 Å². The Balaban J connectivity index is 3.94. The summed E-state index contributed by atoms with van der Waals surface area (Å²) in [4.78, 5) is 0. The summed E-state index contributed by atoms with van der Waals surface area (Å²) >= 11 is 0. The molecule has 0 saturated heterocycles. The first-order valence-corrected chi connectivity index (χ1v) is 4.55. The van der Waals surface area contributed by atoms with E-state index in [4.69, 9.17) is 10.1 Å². The lowest BCUT2D eigenvalue weighted by Crippen LogP contribution is -2.01. The highest BCUT2D eigenvalue weighted by Gasteiger charge is 1.96. The molecule has 0 bridgehead atoms. The molecule has 0 spiro atoms. The maximum Gasteiger partial charge on any atom is 0.115 e. The molecule has 0 aliphatic rings. The molecule has 2 heteroatoms. The van der Waals surface area contributed by atoms with Crippen LogP contribution in [0.2, 0.25) is 0 Å². The van der Waals surface area contributed by atoms with Crippen molar-refractivity contribution in [3.8, 4) is 0 Å². The van der Waals surface area contributed by atoms with Crippen molar-refractivity contribution >= 4 is 5.71 Å². The number of hydrogen-bond donors (Lipinski definition) is 1. The van der Waals surface area contributed by atoms with E-state index in [-0.39, 0.29) is 0 Å². The van der Waals surface area contributed by atoms with Crippen LogP contribution in [0.4, 0.5) is 0 Å². The summed E-state index contributed by atoms with van der Waals surface area (Å²) in [6, 6.07) is 0. The molecule has 0 aromatic carbocycles. The fourth-order valence-electron chi connectivity index (χ4n) is 0.718. The van der Waals surface area contributed by atoms with Crippen molar-refractivity contribution in [3.63, 3.8) is 0 Å². The maximum atomic E-state index is 7.24. The van der Waals surface area contributed by atoms with Gasteiger partial charge in [-0.15, -0.1) is 0 Å². The predicted molar refractivity (Wildman–Crippen MR) is 57.1 cm³/mol. The molecular formula is C11H19NO. The van der Waals surface area contributed by atoms with Gasteiger partial charge in [0.05, 0.1) is 6.61 Å². The first kappa shape index (κ1) is 11.9. The van der Waals surface area contributed by atoms with E-state index >= 15 is 0 Å². The highest BCUT2D eigenvalue weighted by Crippen LogP contribution is 2.04. The number of ether oxygens (including phenoxy) is 1. The highest BCUT2D eigenvalue weighted by molar-refractivity contribution is 5.80. The molecule has 0 saturated carbocycles. The normalized spacial score (nSPS) is 11.5. The lowest BCUT2D eigenvalue weighted by Gasteiger charge is -2.08. The van der Waals surface area contributed by atoms with Crippen molar-refractivity contribution in [2.75, 3.05) is 6.61 Å². The Kier molecular flexibility index (Phi) is 5.94. The number of hydrogen-bond acceptors (Lipinski definition) is 2. The van der Waals surface area contributed by atoms with Gasteiger partial charge in [-0.25, -0.2) is 0 Å². The summed E-state index contributed by atoms with van der Waals surface area (Å²) in [5.74, 6) is 1.30. The van der Waals surface area contributed by atoms with Crippen molar-refractivity contribution in [1.29, 1.82) is 5.41 Å². The zero-order valence-electron chi connectivity index (χ0n) is 8.76. The van der Waals surface area contributed by atoms with Crippen LogP contribution < -0.4 is 0 Å². The molecule has 0 atom stereocenters. The van der Waals surface area contributed by atoms with Crippen LogP contribution in [0, 0.1) is 11.3 Å². The van der Waals surface area contributed by atoms with Gasteiger partial charge in [0.15, 0.2) is 0 Å². The van der Waals surface area contributed by atoms with Crippen molar-refractivity contribution in [3.05, 3.63) is 24.5 Å². The van der Waals surface area contributed by atoms with E-state index in [1.54, 1.807) is 13.0 Å². The van der Waals surface area contributed by atoms with E-state index in [2.05, 4.69) is 20.4 Å². The van der Waals surface area contributed by atoms with Gasteiger partial charge in [0.1, 0.15) is 5.76 Å². The van der Waals surface area contributed by atoms with Gasteiger partial charge in [-0.1, -0.05) is 20.4 Å². The van der Waals surface area contributed by atoms with Crippen LogP contribution >= 0.6 is 0 Å². The van der Waals surface area contributed by atoms with E-state index in [0.717, 1.165) is 5.76 Å². The first-order valence-electron chi connectivity index (χ1n) is 4.55. The van der Waals surface area contributed by atoms with Gasteiger partial charge in [-0.3, -0.25) is 0 Å². The monoisotopic (exact) mass is 181 g/mol. The minimum absolute atomic E-state index is 0.518. The summed E-state index contributed by atoms with van der Waals surface area (Å²) in [5, 5.41) is 7.24. The molecule has 0 amide bonds. The third-order valence-electron chi connectivity index (χ3n) is 1.39. The van der Waals surface area contributed by atoms with E-state index in [1.165, 1.54) is 0 Å². The third-order valence-corrected chi connectivity index (χ3v) is 1.39. The highest BCUT2D eigenvalue weighted by atomic mass is 16.5. The molecule has 0 aliphatic carbocycles. The van der Waals surface area contributed by atoms with Gasteiger partial charge in [0.2, 0.25) is 0 Å². The largest absolute Gasteiger partial charge is 0.494 e. The molecule has 0 aliphatic heterocycles. The Morgan fingerprint density at radius 1 is 1.54 bits per heavy atom. The second kappa shape index (κ2) is 6.46. The molecule has 1 N–H and O–H groups in total. The van der Waals surface area contributed by atoms with Crippen LogP contribution in [0.25, 0.3) is 0 Å². The molecule has 0 unspecified atom stereocenters. The van der Waals surface area contributed by atoms with Crippen LogP contribution in [0.1, 0.15) is 27.2 Å². The predicted octanol–water partition coefficient (Wildman–Crippen LogP) is 3.16. The summed E-state index contributed by atoms with van der Waals surface area (Å²) in [6.07, 6.45) is 4.21. The molecule has 13 heavy (non-hydrogen) atoms. The fraction of sp³-hybridized carbons (Fsp3) is 0.545. The van der Waals surface area contributed by atoms with Gasteiger partial charge in [-0.05, 0) is 25.0 Å². The van der Waals surface area contributed by atoms with Crippen molar-refractivity contribution in [2.24, 2.45) is 5.92 Å². The third kappa shape index (κ3) is 7.32. The summed E-state index contributed by atoms with van der Waals surface area (Å²) < 4.78 is 5.45. The van der Waals surface area contributed by atoms with Gasteiger partial charge in [-0.2, -0.15) is 0 Å². The molecule has 0 rings (SSSR count). The fourth-order valence-corrected chi connectivity index (χ4v) is 0.718. The Bertz CT molecular complexity index is 204. The molecule has 2 nitrogen and oxygen atoms in total. The zero-order valence-corrected chi connectivity index (χ0v) is 8.76. The Morgan fingerprint density at radius 3 is 2.54 bits per heavy atom. The van der Waals surface area contributed by atoms with Gasteiger partial charge < -0.3 is 10.1 Å². The number of rotatable bonds is 6. The summed E-state index contributed by atoms with van der Waals surface area (Å²) in [5.41, 5.74) is 0.632. The van der Waals surface area contributed by atoms with Crippen LogP contribution in [0.3, 0.4) is 0 Å². The SMILES string of the molecule is C=C/C(=C\CC(C)=N)OCC(C)C. The van der Waals surface area contributed by atoms with Gasteiger partial charge in [0, 0.05) is 12.1 Å². The minimum atomic E-state index is 0.518. The molecule has 0 heterocycles. The van der Waals surface area contributed by atoms with Crippen LogP contribution in [0.5, 0.6) is 0 Å². The average Bonchev–Trinajstić information content (AvgIpc) is 2.04. The topological polar surface area (TPSA) is 33.1 Å². The molecule has 0 aromatic rings. The van der Waals surface area contributed by atoms with E-state index in [9.17, 15) is 0 Å². The summed E-state index contributed by atoms with van der Waals surface area (Å²) in [6.45, 7) is 10.3. The maximum absolute atomic E-state index is 7.24. The van der Waals surface area contributed by atoms with Crippen LogP contribution in [-0.2, 0) is 4.74 Å². The van der Waals surface area contributed by atoms with Crippen LogP contribution in [-0.4, -0.2) is 12.3 Å². The molecule has 74 valence electrons. The van der Waals surface area contributed by atoms with E-state index in [1.807, 2.05) is 6.08 Å². The average molecular weight is 181 g/mol. The smallest absolute Gasteiger partial charge is 0.115 e. The Hall–Kier alpha value is -1.05. The Morgan fingerprint density at radius 2 is 2.15 bits per heavy atom. The Labute approximate surface area is 80.8 Å². The van der Waals surface area contributed by atoms with Gasteiger partial charge in [0.25, 0.3) is 0 Å². The molecular weight excluding hydrogens is 162 g/mol. The summed E-state index contributed by atoms with van der Waals surface area (Å²) in [7, 11) is 0. The minimum Gasteiger partial charge on any atom is -0.494 e. The lowest BCUT2D eigenvalue weighted by molar-refractivity contribution is 0.189. The van der Waals surface area contributed by atoms with Crippen molar-refractivity contribution in [1.82, 2.24) is 0 Å². The lowest BCUT2D eigenvalue weighted by atomic mass is 10.2. The molecule has 0 fully saturated rings. The van der Waals surface area contributed by atoms with E-state index in [0.29, 0.717) is 24.7 Å². The van der Waals surface area contributed by atoms with Gasteiger partial charge >= 0.3 is 0 Å². The number of allylic oxidation sites excluding steroid dienone is 2. The standard InChI is InChI=1S/C11H19NO/c1-5-11(7-6-10(4)12)13-8-9(2)3/h5,7,9,12H,1,6,8H2,2-4H3/b11-7+,12-10?. The second-order valence-electron chi connectivity index (χ2n) is 3.50.